The number of nitrogens with one attached hydrogen (secondary N) is 1. The van der Waals surface area contributed by atoms with Crippen molar-refractivity contribution in [2.75, 3.05) is 0 Å². The highest BCUT2D eigenvalue weighted by molar-refractivity contribution is 5.28. The van der Waals surface area contributed by atoms with E-state index in [-0.39, 0.29) is 6.54 Å². The Hall–Kier alpha value is -0.860. The molecular weight excluding hydrogens is 150 g/mol. The minimum atomic E-state index is -0.411. The molecule has 0 fully saturated rings. The maximum absolute atomic E-state index is 9.56. The van der Waals surface area contributed by atoms with Gasteiger partial charge in [0.2, 0.25) is 0 Å². The number of rotatable bonds is 3. The molecule has 2 N–H and O–H groups in total. The molecule has 1 atom stereocenters. The molecule has 0 spiro atoms. The molecule has 0 aliphatic rings. The predicted octanol–water partition coefficient (Wildman–Crippen LogP) is 1.91. The van der Waals surface area contributed by atoms with Gasteiger partial charge in [-0.05, 0) is 17.5 Å². The number of aliphatic hydroxyl groups is 1. The second kappa shape index (κ2) is 4.24. The fraction of sp³-hybridized carbons (Fsp3) is 0.400. The molecule has 1 unspecified atom stereocenters. The number of aliphatic hydroxyl groups excluding tert-OH is 1. The van der Waals surface area contributed by atoms with Crippen molar-refractivity contribution in [3.8, 4) is 0 Å². The summed E-state index contributed by atoms with van der Waals surface area (Å²) in [4.78, 5) is 0. The smallest absolute Gasteiger partial charge is 0.0790 e. The summed E-state index contributed by atoms with van der Waals surface area (Å²) in [7, 11) is 0. The van der Waals surface area contributed by atoms with Crippen molar-refractivity contribution in [3.63, 3.8) is 0 Å². The van der Waals surface area contributed by atoms with Gasteiger partial charge in [-0.15, -0.1) is 0 Å². The van der Waals surface area contributed by atoms with Gasteiger partial charge in [-0.3, -0.25) is 5.73 Å². The Labute approximate surface area is 73.0 Å². The van der Waals surface area contributed by atoms with Crippen molar-refractivity contribution in [1.29, 1.82) is 0 Å². The van der Waals surface area contributed by atoms with Crippen LogP contribution in [-0.2, 0) is 6.54 Å². The lowest BCUT2D eigenvalue weighted by Gasteiger charge is -2.11. The van der Waals surface area contributed by atoms with Gasteiger partial charge in [-0.2, -0.15) is 0 Å². The molecule has 0 amide bonds. The maximum atomic E-state index is 9.56. The third-order valence-electron chi connectivity index (χ3n) is 1.99. The summed E-state index contributed by atoms with van der Waals surface area (Å²) < 4.78 is 0. The van der Waals surface area contributed by atoms with E-state index in [0.29, 0.717) is 6.42 Å². The average Bonchev–Trinajstić information content (AvgIpc) is 2.16. The van der Waals surface area contributed by atoms with Crippen LogP contribution in [0.2, 0.25) is 0 Å². The van der Waals surface area contributed by atoms with Crippen molar-refractivity contribution in [2.24, 2.45) is 0 Å². The summed E-state index contributed by atoms with van der Waals surface area (Å²) in [6.07, 6.45) is 0.295. The molecule has 2 heteroatoms. The van der Waals surface area contributed by atoms with Crippen LogP contribution in [0.15, 0.2) is 24.3 Å². The van der Waals surface area contributed by atoms with Gasteiger partial charge in [0.15, 0.2) is 0 Å². The molecule has 0 heterocycles. The quantitative estimate of drug-likeness (QED) is 0.728. The van der Waals surface area contributed by atoms with E-state index in [9.17, 15) is 5.11 Å². The van der Waals surface area contributed by atoms with Crippen LogP contribution in [0.25, 0.3) is 0 Å². The Bertz CT molecular complexity index is 247. The summed E-state index contributed by atoms with van der Waals surface area (Å²) in [6.45, 7) is 2.18. The summed E-state index contributed by atoms with van der Waals surface area (Å²) >= 11 is 0. The van der Waals surface area contributed by atoms with Crippen LogP contribution < -0.4 is 5.73 Å². The van der Waals surface area contributed by atoms with E-state index in [1.807, 2.05) is 31.2 Å². The zero-order chi connectivity index (χ0) is 8.97. The Morgan fingerprint density at radius 2 is 2.08 bits per heavy atom. The Balaban J connectivity index is 2.96. The molecule has 1 rings (SSSR count). The first-order chi connectivity index (χ1) is 5.79. The molecule has 2 nitrogen and oxygen atoms in total. The van der Waals surface area contributed by atoms with Crippen LogP contribution in [0.4, 0.5) is 0 Å². The fourth-order valence-corrected chi connectivity index (χ4v) is 1.24. The molecule has 0 bridgehead atoms. The molecular formula is C10H14NO. The van der Waals surface area contributed by atoms with Crippen LogP contribution in [0.3, 0.4) is 0 Å². The van der Waals surface area contributed by atoms with Gasteiger partial charge in [-0.25, -0.2) is 0 Å². The molecule has 0 aliphatic heterocycles. The van der Waals surface area contributed by atoms with Gasteiger partial charge in [0, 0.05) is 6.54 Å². The monoisotopic (exact) mass is 164 g/mol. The van der Waals surface area contributed by atoms with Gasteiger partial charge < -0.3 is 5.11 Å². The van der Waals surface area contributed by atoms with Crippen molar-refractivity contribution in [1.82, 2.24) is 5.73 Å². The van der Waals surface area contributed by atoms with E-state index in [1.54, 1.807) is 0 Å². The van der Waals surface area contributed by atoms with E-state index < -0.39 is 6.10 Å². The van der Waals surface area contributed by atoms with Crippen molar-refractivity contribution in [3.05, 3.63) is 35.4 Å². The van der Waals surface area contributed by atoms with Crippen LogP contribution in [-0.4, -0.2) is 5.11 Å². The van der Waals surface area contributed by atoms with Gasteiger partial charge in [0.25, 0.3) is 0 Å². The lowest BCUT2D eigenvalue weighted by Crippen LogP contribution is -2.00. The van der Waals surface area contributed by atoms with Gasteiger partial charge in [-0.1, -0.05) is 31.2 Å². The molecule has 1 aromatic carbocycles. The highest BCUT2D eigenvalue weighted by Crippen LogP contribution is 2.19. The molecule has 12 heavy (non-hydrogen) atoms. The SMILES string of the molecule is CCC(O)c1ccccc1C[NH]. The predicted molar refractivity (Wildman–Crippen MR) is 48.5 cm³/mol. The molecule has 1 radical (unpaired) electrons. The first kappa shape index (κ1) is 9.23. The highest BCUT2D eigenvalue weighted by atomic mass is 16.3. The summed E-state index contributed by atoms with van der Waals surface area (Å²) in [5.74, 6) is 0. The standard InChI is InChI=1S/C10H14NO/c1-2-10(12)9-6-4-3-5-8(9)7-11/h3-6,10-12H,2,7H2,1H3. The molecule has 65 valence electrons. The van der Waals surface area contributed by atoms with E-state index >= 15 is 0 Å². The number of hydrogen-bond acceptors (Lipinski definition) is 1. The second-order valence-corrected chi connectivity index (χ2v) is 2.80. The summed E-state index contributed by atoms with van der Waals surface area (Å²) in [5.41, 5.74) is 9.06. The van der Waals surface area contributed by atoms with Crippen molar-refractivity contribution >= 4 is 0 Å². The normalized spacial score (nSPS) is 12.9. The van der Waals surface area contributed by atoms with E-state index in [4.69, 9.17) is 5.73 Å². The van der Waals surface area contributed by atoms with Crippen molar-refractivity contribution < 1.29 is 5.11 Å². The topological polar surface area (TPSA) is 44.0 Å². The first-order valence-corrected chi connectivity index (χ1v) is 4.20. The Morgan fingerprint density at radius 3 is 2.67 bits per heavy atom. The minimum Gasteiger partial charge on any atom is -0.388 e. The number of hydrogen-bond donors (Lipinski definition) is 1. The fourth-order valence-electron chi connectivity index (χ4n) is 1.24. The highest BCUT2D eigenvalue weighted by Gasteiger charge is 2.07. The van der Waals surface area contributed by atoms with Gasteiger partial charge in [0.1, 0.15) is 0 Å². The average molecular weight is 164 g/mol. The summed E-state index contributed by atoms with van der Waals surface area (Å²) in [5, 5.41) is 9.56. The van der Waals surface area contributed by atoms with Crippen LogP contribution in [0.1, 0.15) is 30.6 Å². The third kappa shape index (κ3) is 1.84. The van der Waals surface area contributed by atoms with Crippen LogP contribution in [0, 0.1) is 0 Å². The second-order valence-electron chi connectivity index (χ2n) is 2.80. The van der Waals surface area contributed by atoms with Crippen LogP contribution >= 0.6 is 0 Å². The first-order valence-electron chi connectivity index (χ1n) is 4.20. The lowest BCUT2D eigenvalue weighted by atomic mass is 10.0. The number of benzene rings is 1. The lowest BCUT2D eigenvalue weighted by molar-refractivity contribution is 0.172. The molecule has 1 aromatic rings. The van der Waals surface area contributed by atoms with Gasteiger partial charge in [0.05, 0.1) is 6.10 Å². The van der Waals surface area contributed by atoms with E-state index in [0.717, 1.165) is 11.1 Å². The Kier molecular flexibility index (Phi) is 3.26. The molecule has 0 aromatic heterocycles. The minimum absolute atomic E-state index is 0.243. The van der Waals surface area contributed by atoms with Crippen molar-refractivity contribution in [2.45, 2.75) is 26.0 Å². The van der Waals surface area contributed by atoms with E-state index in [2.05, 4.69) is 0 Å². The third-order valence-corrected chi connectivity index (χ3v) is 1.99. The summed E-state index contributed by atoms with van der Waals surface area (Å²) in [6, 6.07) is 7.57. The Morgan fingerprint density at radius 1 is 1.42 bits per heavy atom. The molecule has 0 saturated heterocycles. The zero-order valence-corrected chi connectivity index (χ0v) is 7.25. The largest absolute Gasteiger partial charge is 0.388 e. The van der Waals surface area contributed by atoms with E-state index in [1.165, 1.54) is 0 Å². The molecule has 0 saturated carbocycles. The maximum Gasteiger partial charge on any atom is 0.0790 e. The van der Waals surface area contributed by atoms with Gasteiger partial charge >= 0.3 is 0 Å². The zero-order valence-electron chi connectivity index (χ0n) is 7.25. The van der Waals surface area contributed by atoms with Crippen LogP contribution in [0.5, 0.6) is 0 Å². The molecule has 0 aliphatic carbocycles.